The van der Waals surface area contributed by atoms with Crippen LogP contribution in [0.25, 0.3) is 11.0 Å². The van der Waals surface area contributed by atoms with Gasteiger partial charge in [-0.15, -0.1) is 0 Å². The summed E-state index contributed by atoms with van der Waals surface area (Å²) in [6.45, 7) is 5.42. The van der Waals surface area contributed by atoms with Crippen LogP contribution in [0.5, 0.6) is 0 Å². The number of fused-ring (bicyclic) bond motifs is 1. The zero-order valence-electron chi connectivity index (χ0n) is 23.9. The lowest BCUT2D eigenvalue weighted by atomic mass is 9.99. The molecule has 1 saturated carbocycles. The standard InChI is InChI=1S/C31H33F3N8O/c1-19-9-10-20(16-25(43)21-5-4-6-22(17-21)31(32,33)34)15-24(19)38-29-27-26(36-18-37-29)28(35)40-30(39-27)42-13-11-41(12-14-42)23-7-2-3-8-23/h4-6,9-10,15,17-18,23H,2-3,7-8,11-14,16H2,1H3,(H2,35,39,40)(H,36,37,38). The molecule has 1 aliphatic heterocycles. The Labute approximate surface area is 247 Å². The highest BCUT2D eigenvalue weighted by atomic mass is 19.4. The number of halogens is 3. The number of alkyl halides is 3. The van der Waals surface area contributed by atoms with Gasteiger partial charge in [0.25, 0.3) is 0 Å². The Hall–Kier alpha value is -4.32. The van der Waals surface area contributed by atoms with Crippen LogP contribution in [-0.4, -0.2) is 62.8 Å². The number of carbonyl (C=O) groups excluding carboxylic acids is 1. The molecule has 12 heteroatoms. The van der Waals surface area contributed by atoms with E-state index in [1.165, 1.54) is 44.1 Å². The van der Waals surface area contributed by atoms with Gasteiger partial charge in [-0.25, -0.2) is 15.0 Å². The summed E-state index contributed by atoms with van der Waals surface area (Å²) in [6, 6.07) is 10.6. The van der Waals surface area contributed by atoms with Gasteiger partial charge < -0.3 is 16.0 Å². The molecule has 2 aromatic carbocycles. The molecule has 6 rings (SSSR count). The van der Waals surface area contributed by atoms with Crippen LogP contribution < -0.4 is 16.0 Å². The number of Topliss-reactive ketones (excluding diaryl/α,β-unsaturated/α-hetero) is 1. The number of aryl methyl sites for hydroxylation is 1. The second-order valence-corrected chi connectivity index (χ2v) is 11.2. The van der Waals surface area contributed by atoms with Gasteiger partial charge in [-0.05, 0) is 49.1 Å². The average Bonchev–Trinajstić information content (AvgIpc) is 3.54. The molecule has 224 valence electrons. The maximum atomic E-state index is 13.2. The summed E-state index contributed by atoms with van der Waals surface area (Å²) in [5, 5.41) is 3.32. The third-order valence-corrected chi connectivity index (χ3v) is 8.37. The quantitative estimate of drug-likeness (QED) is 0.267. The number of nitrogens with one attached hydrogen (secondary N) is 1. The molecule has 2 aromatic heterocycles. The zero-order valence-corrected chi connectivity index (χ0v) is 23.9. The SMILES string of the molecule is Cc1ccc(CC(=O)c2cccc(C(F)(F)F)c2)cc1Nc1ncnc2c(N)nc(N3CCN(C4CCCC4)CC3)nc12. The number of ketones is 1. The Bertz CT molecular complexity index is 1650. The van der Waals surface area contributed by atoms with E-state index in [-0.39, 0.29) is 17.8 Å². The molecule has 9 nitrogen and oxygen atoms in total. The first-order chi connectivity index (χ1) is 20.7. The number of nitrogens with zero attached hydrogens (tertiary/aromatic N) is 6. The van der Waals surface area contributed by atoms with Crippen molar-refractivity contribution in [2.24, 2.45) is 0 Å². The lowest BCUT2D eigenvalue weighted by molar-refractivity contribution is -0.137. The highest BCUT2D eigenvalue weighted by molar-refractivity contribution is 5.98. The van der Waals surface area contributed by atoms with E-state index in [2.05, 4.69) is 30.1 Å². The van der Waals surface area contributed by atoms with Crippen molar-refractivity contribution < 1.29 is 18.0 Å². The second-order valence-electron chi connectivity index (χ2n) is 11.2. The molecule has 0 bridgehead atoms. The first kappa shape index (κ1) is 28.8. The van der Waals surface area contributed by atoms with Crippen molar-refractivity contribution >= 4 is 40.1 Å². The Morgan fingerprint density at radius 2 is 1.77 bits per heavy atom. The Morgan fingerprint density at radius 3 is 2.51 bits per heavy atom. The van der Waals surface area contributed by atoms with Crippen LogP contribution in [0.1, 0.15) is 52.7 Å². The third-order valence-electron chi connectivity index (χ3n) is 8.37. The number of anilines is 4. The number of nitrogen functional groups attached to an aromatic ring is 1. The van der Waals surface area contributed by atoms with Gasteiger partial charge in [-0.1, -0.05) is 37.1 Å². The van der Waals surface area contributed by atoms with E-state index in [1.807, 2.05) is 13.0 Å². The lowest BCUT2D eigenvalue weighted by Crippen LogP contribution is -2.50. The highest BCUT2D eigenvalue weighted by Crippen LogP contribution is 2.31. The van der Waals surface area contributed by atoms with E-state index in [0.29, 0.717) is 40.1 Å². The number of piperazine rings is 1. The molecule has 0 amide bonds. The number of carbonyl (C=O) groups is 1. The van der Waals surface area contributed by atoms with E-state index in [1.54, 1.807) is 12.1 Å². The number of hydrogen-bond acceptors (Lipinski definition) is 9. The Kier molecular flexibility index (Phi) is 7.87. The van der Waals surface area contributed by atoms with Gasteiger partial charge in [0.2, 0.25) is 5.95 Å². The number of nitrogens with two attached hydrogens (primary N) is 1. The predicted octanol–water partition coefficient (Wildman–Crippen LogP) is 5.56. The Morgan fingerprint density at radius 1 is 1.00 bits per heavy atom. The normalized spacial score (nSPS) is 16.6. The molecule has 4 aromatic rings. The summed E-state index contributed by atoms with van der Waals surface area (Å²) in [4.78, 5) is 35.7. The van der Waals surface area contributed by atoms with E-state index in [4.69, 9.17) is 10.7 Å². The van der Waals surface area contributed by atoms with Gasteiger partial charge in [0.05, 0.1) is 5.56 Å². The molecule has 2 aliphatic rings. The fraction of sp³-hybridized carbons (Fsp3) is 0.387. The molecule has 3 N–H and O–H groups in total. The summed E-state index contributed by atoms with van der Waals surface area (Å²) in [5.74, 6) is 0.827. The molecule has 1 saturated heterocycles. The van der Waals surface area contributed by atoms with Crippen LogP contribution in [0.2, 0.25) is 0 Å². The fourth-order valence-corrected chi connectivity index (χ4v) is 5.94. The number of benzene rings is 2. The van der Waals surface area contributed by atoms with Crippen LogP contribution in [0, 0.1) is 6.92 Å². The highest BCUT2D eigenvalue weighted by Gasteiger charge is 2.31. The largest absolute Gasteiger partial charge is 0.416 e. The average molecular weight is 591 g/mol. The maximum Gasteiger partial charge on any atom is 0.416 e. The molecular weight excluding hydrogens is 557 g/mol. The molecule has 2 fully saturated rings. The minimum atomic E-state index is -4.52. The Balaban J connectivity index is 1.22. The zero-order chi connectivity index (χ0) is 30.1. The minimum absolute atomic E-state index is 0.00971. The van der Waals surface area contributed by atoms with Gasteiger partial charge in [-0.2, -0.15) is 18.2 Å². The van der Waals surface area contributed by atoms with Crippen molar-refractivity contribution in [1.29, 1.82) is 0 Å². The number of aromatic nitrogens is 4. The topological polar surface area (TPSA) is 113 Å². The molecule has 1 aliphatic carbocycles. The van der Waals surface area contributed by atoms with Crippen molar-refractivity contribution in [3.05, 3.63) is 71.0 Å². The fourth-order valence-electron chi connectivity index (χ4n) is 5.94. The molecule has 0 atom stereocenters. The molecule has 0 spiro atoms. The molecule has 43 heavy (non-hydrogen) atoms. The van der Waals surface area contributed by atoms with Crippen molar-refractivity contribution in [3.63, 3.8) is 0 Å². The summed E-state index contributed by atoms with van der Waals surface area (Å²) in [6.07, 6.45) is 1.96. The first-order valence-corrected chi connectivity index (χ1v) is 14.5. The third kappa shape index (κ3) is 6.24. The molecule has 0 radical (unpaired) electrons. The predicted molar refractivity (Wildman–Crippen MR) is 160 cm³/mol. The minimum Gasteiger partial charge on any atom is -0.382 e. The van der Waals surface area contributed by atoms with E-state index >= 15 is 0 Å². The van der Waals surface area contributed by atoms with Crippen molar-refractivity contribution in [2.75, 3.05) is 42.1 Å². The van der Waals surface area contributed by atoms with E-state index in [0.717, 1.165) is 43.9 Å². The summed E-state index contributed by atoms with van der Waals surface area (Å²) in [7, 11) is 0. The van der Waals surface area contributed by atoms with Gasteiger partial charge >= 0.3 is 6.18 Å². The maximum absolute atomic E-state index is 13.2. The van der Waals surface area contributed by atoms with E-state index in [9.17, 15) is 18.0 Å². The van der Waals surface area contributed by atoms with Crippen molar-refractivity contribution in [1.82, 2.24) is 24.8 Å². The van der Waals surface area contributed by atoms with Crippen LogP contribution in [0.3, 0.4) is 0 Å². The smallest absolute Gasteiger partial charge is 0.382 e. The summed E-state index contributed by atoms with van der Waals surface area (Å²) >= 11 is 0. The van der Waals surface area contributed by atoms with Gasteiger partial charge in [0.15, 0.2) is 17.4 Å². The lowest BCUT2D eigenvalue weighted by Gasteiger charge is -2.38. The van der Waals surface area contributed by atoms with Crippen LogP contribution >= 0.6 is 0 Å². The van der Waals surface area contributed by atoms with Crippen molar-refractivity contribution in [2.45, 2.75) is 51.2 Å². The van der Waals surface area contributed by atoms with Gasteiger partial charge in [0, 0.05) is 49.9 Å². The number of rotatable bonds is 7. The summed E-state index contributed by atoms with van der Waals surface area (Å²) < 4.78 is 39.5. The van der Waals surface area contributed by atoms with Gasteiger partial charge in [-0.3, -0.25) is 9.69 Å². The van der Waals surface area contributed by atoms with Crippen molar-refractivity contribution in [3.8, 4) is 0 Å². The molecular formula is C31H33F3N8O. The van der Waals surface area contributed by atoms with E-state index < -0.39 is 17.5 Å². The van der Waals surface area contributed by atoms with Crippen LogP contribution in [-0.2, 0) is 12.6 Å². The van der Waals surface area contributed by atoms with Crippen LogP contribution in [0.4, 0.5) is 36.4 Å². The monoisotopic (exact) mass is 590 g/mol. The second kappa shape index (κ2) is 11.8. The molecule has 3 heterocycles. The van der Waals surface area contributed by atoms with Gasteiger partial charge in [0.1, 0.15) is 17.4 Å². The first-order valence-electron chi connectivity index (χ1n) is 14.5. The summed E-state index contributed by atoms with van der Waals surface area (Å²) in [5.41, 5.74) is 8.61. The molecule has 0 unspecified atom stereocenters. The van der Waals surface area contributed by atoms with Crippen LogP contribution in [0.15, 0.2) is 48.8 Å². The number of hydrogen-bond donors (Lipinski definition) is 2.